The molecule has 1 heterocycles. The largest absolute Gasteiger partial charge is 0.452 e. The van der Waals surface area contributed by atoms with Crippen LogP contribution in [0.25, 0.3) is 0 Å². The van der Waals surface area contributed by atoms with Crippen LogP contribution in [0.15, 0.2) is 18.2 Å². The lowest BCUT2D eigenvalue weighted by Crippen LogP contribution is -2.22. The quantitative estimate of drug-likeness (QED) is 0.734. The van der Waals surface area contributed by atoms with Gasteiger partial charge in [-0.3, -0.25) is 9.59 Å². The third-order valence-corrected chi connectivity index (χ3v) is 5.68. The van der Waals surface area contributed by atoms with E-state index in [2.05, 4.69) is 5.32 Å². The number of thiophene rings is 1. The standard InChI is InChI=1S/C17H14Cl2N2O4S/c18-8-4-5-11(19)10(6-8)17(24)25-7-13(22)21-16-14(15(20)23)9-2-1-3-12(9)26-16/h4-6H,1-3,7H2,(H2,20,23)(H,21,22). The molecule has 0 saturated carbocycles. The van der Waals surface area contributed by atoms with Gasteiger partial charge in [-0.2, -0.15) is 0 Å². The molecule has 0 aliphatic heterocycles. The Labute approximate surface area is 163 Å². The molecule has 3 N–H and O–H groups in total. The molecule has 0 saturated heterocycles. The molecule has 2 amide bonds. The summed E-state index contributed by atoms with van der Waals surface area (Å²) in [7, 11) is 0. The zero-order valence-corrected chi connectivity index (χ0v) is 15.8. The van der Waals surface area contributed by atoms with Gasteiger partial charge >= 0.3 is 5.97 Å². The van der Waals surface area contributed by atoms with Gasteiger partial charge < -0.3 is 15.8 Å². The zero-order valence-electron chi connectivity index (χ0n) is 13.4. The van der Waals surface area contributed by atoms with Crippen LogP contribution in [0.5, 0.6) is 0 Å². The molecule has 9 heteroatoms. The Morgan fingerprint density at radius 2 is 2.00 bits per heavy atom. The average Bonchev–Trinajstić information content (AvgIpc) is 3.15. The molecular weight excluding hydrogens is 399 g/mol. The highest BCUT2D eigenvalue weighted by atomic mass is 35.5. The summed E-state index contributed by atoms with van der Waals surface area (Å²) in [6.07, 6.45) is 2.59. The second kappa shape index (κ2) is 7.65. The van der Waals surface area contributed by atoms with Gasteiger partial charge in [0.05, 0.1) is 16.1 Å². The molecular formula is C17H14Cl2N2O4S. The summed E-state index contributed by atoms with van der Waals surface area (Å²) in [6, 6.07) is 4.36. The van der Waals surface area contributed by atoms with Crippen LogP contribution in [0.1, 0.15) is 37.6 Å². The zero-order chi connectivity index (χ0) is 18.8. The topological polar surface area (TPSA) is 98.5 Å². The van der Waals surface area contributed by atoms with Crippen molar-refractivity contribution >= 4 is 57.3 Å². The molecule has 3 rings (SSSR count). The number of anilines is 1. The number of amides is 2. The maximum absolute atomic E-state index is 12.1. The molecule has 6 nitrogen and oxygen atoms in total. The molecule has 0 fully saturated rings. The van der Waals surface area contributed by atoms with Crippen LogP contribution in [0.3, 0.4) is 0 Å². The Morgan fingerprint density at radius 1 is 1.23 bits per heavy atom. The van der Waals surface area contributed by atoms with Crippen LogP contribution in [-0.4, -0.2) is 24.4 Å². The summed E-state index contributed by atoms with van der Waals surface area (Å²) in [5.41, 5.74) is 6.76. The minimum absolute atomic E-state index is 0.0693. The molecule has 1 aliphatic rings. The number of rotatable bonds is 5. The predicted octanol–water partition coefficient (Wildman–Crippen LogP) is 3.44. The van der Waals surface area contributed by atoms with Gasteiger partial charge in [-0.1, -0.05) is 23.2 Å². The summed E-state index contributed by atoms with van der Waals surface area (Å²) in [5.74, 6) is -1.92. The van der Waals surface area contributed by atoms with Crippen molar-refractivity contribution in [1.82, 2.24) is 0 Å². The molecule has 1 aliphatic carbocycles. The molecule has 0 bridgehead atoms. The molecule has 0 radical (unpaired) electrons. The molecule has 2 aromatic rings. The van der Waals surface area contributed by atoms with Gasteiger partial charge in [0, 0.05) is 9.90 Å². The van der Waals surface area contributed by atoms with Gasteiger partial charge in [-0.05, 0) is 43.0 Å². The Balaban J connectivity index is 1.66. The van der Waals surface area contributed by atoms with Crippen molar-refractivity contribution in [1.29, 1.82) is 0 Å². The molecule has 26 heavy (non-hydrogen) atoms. The Kier molecular flexibility index (Phi) is 5.50. The first-order chi connectivity index (χ1) is 12.4. The van der Waals surface area contributed by atoms with Crippen molar-refractivity contribution in [2.24, 2.45) is 5.73 Å². The maximum Gasteiger partial charge on any atom is 0.340 e. The lowest BCUT2D eigenvalue weighted by Gasteiger charge is -2.08. The third-order valence-electron chi connectivity index (χ3n) is 3.90. The number of benzene rings is 1. The van der Waals surface area contributed by atoms with Crippen molar-refractivity contribution in [3.05, 3.63) is 49.8 Å². The Hall–Kier alpha value is -2.09. The molecule has 1 aromatic heterocycles. The summed E-state index contributed by atoms with van der Waals surface area (Å²) >= 11 is 13.1. The highest BCUT2D eigenvalue weighted by Crippen LogP contribution is 2.38. The lowest BCUT2D eigenvalue weighted by atomic mass is 10.1. The minimum Gasteiger partial charge on any atom is -0.452 e. The summed E-state index contributed by atoms with van der Waals surface area (Å²) in [5, 5.41) is 3.49. The van der Waals surface area contributed by atoms with Crippen LogP contribution in [0.4, 0.5) is 5.00 Å². The van der Waals surface area contributed by atoms with E-state index in [0.29, 0.717) is 15.6 Å². The fraction of sp³-hybridized carbons (Fsp3) is 0.235. The van der Waals surface area contributed by atoms with E-state index >= 15 is 0 Å². The smallest absolute Gasteiger partial charge is 0.340 e. The van der Waals surface area contributed by atoms with Crippen molar-refractivity contribution in [2.45, 2.75) is 19.3 Å². The van der Waals surface area contributed by atoms with Gasteiger partial charge in [0.1, 0.15) is 5.00 Å². The first-order valence-electron chi connectivity index (χ1n) is 7.73. The number of hydrogen-bond donors (Lipinski definition) is 2. The van der Waals surface area contributed by atoms with Crippen molar-refractivity contribution in [3.8, 4) is 0 Å². The van der Waals surface area contributed by atoms with Crippen molar-refractivity contribution in [3.63, 3.8) is 0 Å². The van der Waals surface area contributed by atoms with Gasteiger partial charge in [0.15, 0.2) is 6.61 Å². The number of halogens is 2. The number of aryl methyl sites for hydroxylation is 1. The van der Waals surface area contributed by atoms with E-state index in [-0.39, 0.29) is 10.6 Å². The van der Waals surface area contributed by atoms with E-state index < -0.39 is 24.4 Å². The summed E-state index contributed by atoms with van der Waals surface area (Å²) in [4.78, 5) is 36.9. The van der Waals surface area contributed by atoms with E-state index in [4.69, 9.17) is 33.7 Å². The molecule has 136 valence electrons. The van der Waals surface area contributed by atoms with E-state index in [1.54, 1.807) is 0 Å². The number of ether oxygens (including phenoxy) is 1. The van der Waals surface area contributed by atoms with Gasteiger partial charge in [0.25, 0.3) is 11.8 Å². The first-order valence-corrected chi connectivity index (χ1v) is 9.30. The highest BCUT2D eigenvalue weighted by molar-refractivity contribution is 7.17. The Bertz CT molecular complexity index is 910. The molecule has 0 spiro atoms. The number of nitrogens with one attached hydrogen (secondary N) is 1. The Morgan fingerprint density at radius 3 is 2.73 bits per heavy atom. The molecule has 1 aromatic carbocycles. The van der Waals surface area contributed by atoms with Gasteiger partial charge in [-0.25, -0.2) is 4.79 Å². The fourth-order valence-corrected chi connectivity index (χ4v) is 4.46. The van der Waals surface area contributed by atoms with Crippen molar-refractivity contribution in [2.75, 3.05) is 11.9 Å². The second-order valence-electron chi connectivity index (χ2n) is 5.67. The summed E-state index contributed by atoms with van der Waals surface area (Å²) < 4.78 is 4.97. The number of fused-ring (bicyclic) bond motifs is 1. The van der Waals surface area contributed by atoms with Crippen LogP contribution < -0.4 is 11.1 Å². The number of nitrogens with two attached hydrogens (primary N) is 1. The third kappa shape index (κ3) is 3.85. The number of carbonyl (C=O) groups excluding carboxylic acids is 3. The number of esters is 1. The van der Waals surface area contributed by atoms with Gasteiger partial charge in [0.2, 0.25) is 0 Å². The molecule has 0 unspecified atom stereocenters. The number of carbonyl (C=O) groups is 3. The first kappa shape index (κ1) is 18.7. The van der Waals surface area contributed by atoms with E-state index in [1.165, 1.54) is 29.5 Å². The fourth-order valence-electron chi connectivity index (χ4n) is 2.78. The van der Waals surface area contributed by atoms with Crippen molar-refractivity contribution < 1.29 is 19.1 Å². The lowest BCUT2D eigenvalue weighted by molar-refractivity contribution is -0.119. The second-order valence-corrected chi connectivity index (χ2v) is 7.62. The predicted molar refractivity (Wildman–Crippen MR) is 100 cm³/mol. The summed E-state index contributed by atoms with van der Waals surface area (Å²) in [6.45, 7) is -0.525. The maximum atomic E-state index is 12.1. The SMILES string of the molecule is NC(=O)c1c(NC(=O)COC(=O)c2cc(Cl)ccc2Cl)sc2c1CCC2. The van der Waals surface area contributed by atoms with E-state index in [9.17, 15) is 14.4 Å². The van der Waals surface area contributed by atoms with Crippen LogP contribution in [0, 0.1) is 0 Å². The van der Waals surface area contributed by atoms with Crippen LogP contribution in [0.2, 0.25) is 10.0 Å². The number of hydrogen-bond acceptors (Lipinski definition) is 5. The number of primary amides is 1. The van der Waals surface area contributed by atoms with E-state index in [1.807, 2.05) is 0 Å². The normalized spacial score (nSPS) is 12.5. The highest BCUT2D eigenvalue weighted by Gasteiger charge is 2.26. The van der Waals surface area contributed by atoms with Crippen LogP contribution >= 0.6 is 34.5 Å². The monoisotopic (exact) mass is 412 g/mol. The van der Waals surface area contributed by atoms with Crippen LogP contribution in [-0.2, 0) is 22.4 Å². The van der Waals surface area contributed by atoms with Gasteiger partial charge in [-0.15, -0.1) is 11.3 Å². The molecule has 0 atom stereocenters. The minimum atomic E-state index is -0.767. The average molecular weight is 413 g/mol. The van der Waals surface area contributed by atoms with E-state index in [0.717, 1.165) is 29.7 Å².